The van der Waals surface area contributed by atoms with E-state index in [-0.39, 0.29) is 18.9 Å². The molecule has 1 aliphatic heterocycles. The van der Waals surface area contributed by atoms with Gasteiger partial charge in [0.1, 0.15) is 0 Å². The van der Waals surface area contributed by atoms with Gasteiger partial charge < -0.3 is 10.0 Å². The lowest BCUT2D eigenvalue weighted by atomic mass is 10.1. The van der Waals surface area contributed by atoms with Crippen LogP contribution in [0.5, 0.6) is 0 Å². The lowest BCUT2D eigenvalue weighted by Gasteiger charge is -2.19. The van der Waals surface area contributed by atoms with E-state index < -0.39 is 18.2 Å². The summed E-state index contributed by atoms with van der Waals surface area (Å²) in [6.45, 7) is 0.0947. The number of alkyl halides is 1. The molecule has 0 radical (unpaired) electrons. The van der Waals surface area contributed by atoms with Crippen LogP contribution >= 0.6 is 0 Å². The number of hydrogen-bond acceptors (Lipinski definition) is 3. The summed E-state index contributed by atoms with van der Waals surface area (Å²) in [7, 11) is 0. The van der Waals surface area contributed by atoms with Gasteiger partial charge >= 0.3 is 5.97 Å². The maximum atomic E-state index is 14.2. The van der Waals surface area contributed by atoms with Gasteiger partial charge in [-0.2, -0.15) is 5.10 Å². The maximum Gasteiger partial charge on any atom is 0.343 e. The van der Waals surface area contributed by atoms with Crippen LogP contribution in [0.2, 0.25) is 0 Å². The highest BCUT2D eigenvalue weighted by Gasteiger charge is 2.47. The minimum atomic E-state index is -2.35. The molecule has 6 nitrogen and oxygen atoms in total. The monoisotopic (exact) mass is 317 g/mol. The fourth-order valence-electron chi connectivity index (χ4n) is 2.73. The van der Waals surface area contributed by atoms with Crippen LogP contribution in [-0.4, -0.2) is 50.4 Å². The minimum absolute atomic E-state index is 0.0950. The van der Waals surface area contributed by atoms with Crippen LogP contribution in [0.4, 0.5) is 4.39 Å². The number of aliphatic carboxylic acids is 1. The Balaban J connectivity index is 1.82. The molecule has 1 saturated heterocycles. The summed E-state index contributed by atoms with van der Waals surface area (Å²) in [5, 5.41) is 13.1. The predicted octanol–water partition coefficient (Wildman–Crippen LogP) is 1.57. The van der Waals surface area contributed by atoms with Crippen LogP contribution in [0.15, 0.2) is 42.7 Å². The summed E-state index contributed by atoms with van der Waals surface area (Å²) < 4.78 is 15.8. The molecule has 7 heteroatoms. The number of carboxylic acid groups (broad SMARTS) is 1. The summed E-state index contributed by atoms with van der Waals surface area (Å²) in [4.78, 5) is 24.9. The second-order valence-electron chi connectivity index (χ2n) is 5.61. The zero-order valence-electron chi connectivity index (χ0n) is 12.4. The second-order valence-corrected chi connectivity index (χ2v) is 5.61. The Labute approximate surface area is 132 Å². The average molecular weight is 317 g/mol. The Morgan fingerprint density at radius 3 is 2.74 bits per heavy atom. The number of nitrogens with zero attached hydrogens (tertiary/aromatic N) is 3. The van der Waals surface area contributed by atoms with Crippen molar-refractivity contribution in [1.82, 2.24) is 14.7 Å². The van der Waals surface area contributed by atoms with Crippen molar-refractivity contribution in [1.29, 1.82) is 0 Å². The number of benzene rings is 1. The molecule has 23 heavy (non-hydrogen) atoms. The molecule has 0 spiro atoms. The zero-order chi connectivity index (χ0) is 16.4. The van der Waals surface area contributed by atoms with Gasteiger partial charge in [-0.15, -0.1) is 0 Å². The van der Waals surface area contributed by atoms with Gasteiger partial charge in [0.15, 0.2) is 0 Å². The molecule has 2 heterocycles. The van der Waals surface area contributed by atoms with Crippen molar-refractivity contribution in [2.75, 3.05) is 13.1 Å². The molecule has 1 N–H and O–H groups in total. The molecule has 3 rings (SSSR count). The van der Waals surface area contributed by atoms with Gasteiger partial charge in [0, 0.05) is 30.9 Å². The van der Waals surface area contributed by atoms with Gasteiger partial charge in [0.25, 0.3) is 5.91 Å². The normalized spacial score (nSPS) is 20.7. The SMILES string of the molecule is O=C(c1ccccc1Cn1cccn1)N1CCC(F)(C(=O)O)C1. The van der Waals surface area contributed by atoms with Gasteiger partial charge in [0.05, 0.1) is 13.1 Å². The van der Waals surface area contributed by atoms with Crippen LogP contribution in [-0.2, 0) is 11.3 Å². The molecule has 0 saturated carbocycles. The number of carbonyl (C=O) groups excluding carboxylic acids is 1. The van der Waals surface area contributed by atoms with Crippen molar-refractivity contribution in [3.8, 4) is 0 Å². The lowest BCUT2D eigenvalue weighted by Crippen LogP contribution is -2.39. The molecule has 1 amide bonds. The average Bonchev–Trinajstić information content (AvgIpc) is 3.18. The number of carbonyl (C=O) groups is 2. The quantitative estimate of drug-likeness (QED) is 0.929. The summed E-state index contributed by atoms with van der Waals surface area (Å²) in [5.41, 5.74) is -1.16. The molecule has 120 valence electrons. The van der Waals surface area contributed by atoms with Crippen molar-refractivity contribution >= 4 is 11.9 Å². The van der Waals surface area contributed by atoms with Crippen molar-refractivity contribution < 1.29 is 19.1 Å². The van der Waals surface area contributed by atoms with E-state index in [2.05, 4.69) is 5.10 Å². The van der Waals surface area contributed by atoms with Crippen molar-refractivity contribution in [2.45, 2.75) is 18.6 Å². The summed E-state index contributed by atoms with van der Waals surface area (Å²) >= 11 is 0. The number of amides is 1. The first-order valence-electron chi connectivity index (χ1n) is 7.26. The number of hydrogen-bond donors (Lipinski definition) is 1. The first-order valence-corrected chi connectivity index (χ1v) is 7.26. The van der Waals surface area contributed by atoms with Gasteiger partial charge in [-0.25, -0.2) is 9.18 Å². The van der Waals surface area contributed by atoms with Gasteiger partial charge in [-0.1, -0.05) is 18.2 Å². The molecule has 0 bridgehead atoms. The number of carboxylic acids is 1. The lowest BCUT2D eigenvalue weighted by molar-refractivity contribution is -0.149. The van der Waals surface area contributed by atoms with E-state index >= 15 is 0 Å². The third kappa shape index (κ3) is 2.94. The Morgan fingerprint density at radius 2 is 2.09 bits per heavy atom. The highest BCUT2D eigenvalue weighted by atomic mass is 19.1. The Bertz CT molecular complexity index is 732. The molecule has 2 aromatic rings. The smallest absolute Gasteiger partial charge is 0.343 e. The second kappa shape index (κ2) is 5.83. The van der Waals surface area contributed by atoms with E-state index in [0.717, 1.165) is 5.56 Å². The molecule has 1 aromatic heterocycles. The van der Waals surface area contributed by atoms with Crippen LogP contribution in [0.25, 0.3) is 0 Å². The van der Waals surface area contributed by atoms with Crippen LogP contribution < -0.4 is 0 Å². The molecular formula is C16H16FN3O3. The largest absolute Gasteiger partial charge is 0.479 e. The number of likely N-dealkylation sites (tertiary alicyclic amines) is 1. The van der Waals surface area contributed by atoms with Crippen molar-refractivity contribution in [3.05, 3.63) is 53.9 Å². The molecule has 1 fully saturated rings. The predicted molar refractivity (Wildman–Crippen MR) is 79.8 cm³/mol. The topological polar surface area (TPSA) is 75.4 Å². The maximum absolute atomic E-state index is 14.2. The molecule has 1 atom stereocenters. The van der Waals surface area contributed by atoms with E-state index in [4.69, 9.17) is 5.11 Å². The third-order valence-electron chi connectivity index (χ3n) is 4.03. The Hall–Kier alpha value is -2.70. The van der Waals surface area contributed by atoms with E-state index in [1.165, 1.54) is 4.90 Å². The third-order valence-corrected chi connectivity index (χ3v) is 4.03. The number of rotatable bonds is 4. The van der Waals surface area contributed by atoms with Gasteiger partial charge in [-0.3, -0.25) is 9.48 Å². The molecule has 1 unspecified atom stereocenters. The highest BCUT2D eigenvalue weighted by molar-refractivity contribution is 5.96. The minimum Gasteiger partial charge on any atom is -0.479 e. The molecule has 0 aliphatic carbocycles. The molecule has 1 aliphatic rings. The van der Waals surface area contributed by atoms with E-state index in [1.807, 2.05) is 12.1 Å². The summed E-state index contributed by atoms with van der Waals surface area (Å²) in [6.07, 6.45) is 3.25. The Kier molecular flexibility index (Phi) is 3.85. The fraction of sp³-hybridized carbons (Fsp3) is 0.312. The van der Waals surface area contributed by atoms with Crippen molar-refractivity contribution in [3.63, 3.8) is 0 Å². The van der Waals surface area contributed by atoms with Crippen LogP contribution in [0, 0.1) is 0 Å². The van der Waals surface area contributed by atoms with Crippen LogP contribution in [0.1, 0.15) is 22.3 Å². The molecular weight excluding hydrogens is 301 g/mol. The fourth-order valence-corrected chi connectivity index (χ4v) is 2.73. The van der Waals surface area contributed by atoms with Crippen molar-refractivity contribution in [2.24, 2.45) is 0 Å². The van der Waals surface area contributed by atoms with E-state index in [1.54, 1.807) is 35.3 Å². The van der Waals surface area contributed by atoms with Gasteiger partial charge in [-0.05, 0) is 17.7 Å². The molecule has 1 aromatic carbocycles. The van der Waals surface area contributed by atoms with E-state index in [0.29, 0.717) is 12.1 Å². The van der Waals surface area contributed by atoms with Crippen LogP contribution in [0.3, 0.4) is 0 Å². The van der Waals surface area contributed by atoms with E-state index in [9.17, 15) is 14.0 Å². The highest BCUT2D eigenvalue weighted by Crippen LogP contribution is 2.27. The summed E-state index contributed by atoms with van der Waals surface area (Å²) in [6, 6.07) is 8.81. The Morgan fingerprint density at radius 1 is 1.30 bits per heavy atom. The zero-order valence-corrected chi connectivity index (χ0v) is 12.4. The first kappa shape index (κ1) is 15.2. The first-order chi connectivity index (χ1) is 11.0. The summed E-state index contributed by atoms with van der Waals surface area (Å²) in [5.74, 6) is -1.87. The number of aromatic nitrogens is 2. The van der Waals surface area contributed by atoms with Gasteiger partial charge in [0.2, 0.25) is 5.67 Å². The number of halogens is 1. The standard InChI is InChI=1S/C16H16FN3O3/c17-16(15(22)23)6-9-19(11-16)14(21)13-5-2-1-4-12(13)10-20-8-3-7-18-20/h1-5,7-8H,6,9-11H2,(H,22,23).